The highest BCUT2D eigenvalue weighted by molar-refractivity contribution is 5.74. The fraction of sp³-hybridized carbons (Fsp3) is 0.923. The molecule has 16 heavy (non-hydrogen) atoms. The van der Waals surface area contributed by atoms with Crippen LogP contribution in [0.3, 0.4) is 0 Å². The highest BCUT2D eigenvalue weighted by Crippen LogP contribution is 2.37. The summed E-state index contributed by atoms with van der Waals surface area (Å²) in [6, 6.07) is 0.562. The maximum atomic E-state index is 11.3. The van der Waals surface area contributed by atoms with Crippen molar-refractivity contribution >= 4 is 5.97 Å². The highest BCUT2D eigenvalue weighted by Gasteiger charge is 2.39. The predicted molar refractivity (Wildman–Crippen MR) is 63.4 cm³/mol. The monoisotopic (exact) mass is 225 g/mol. The number of likely N-dealkylation sites (tertiary alicyclic amines) is 1. The Bertz CT molecular complexity index is 275. The molecule has 2 atom stereocenters. The number of nitrogens with zero attached hydrogens (tertiary/aromatic N) is 1. The first-order valence-electron chi connectivity index (χ1n) is 6.49. The van der Waals surface area contributed by atoms with Crippen molar-refractivity contribution in [3.63, 3.8) is 0 Å². The van der Waals surface area contributed by atoms with Crippen molar-refractivity contribution in [2.75, 3.05) is 13.1 Å². The number of aliphatic carboxylic acids is 1. The quantitative estimate of drug-likeness (QED) is 0.798. The third kappa shape index (κ3) is 2.57. The Morgan fingerprint density at radius 2 is 2.25 bits per heavy atom. The van der Waals surface area contributed by atoms with Crippen molar-refractivity contribution in [1.29, 1.82) is 0 Å². The summed E-state index contributed by atoms with van der Waals surface area (Å²) in [4.78, 5) is 13.6. The van der Waals surface area contributed by atoms with E-state index >= 15 is 0 Å². The van der Waals surface area contributed by atoms with Gasteiger partial charge < -0.3 is 5.11 Å². The third-order valence-corrected chi connectivity index (χ3v) is 4.24. The Balaban J connectivity index is 1.92. The van der Waals surface area contributed by atoms with E-state index in [9.17, 15) is 9.90 Å². The van der Waals surface area contributed by atoms with Crippen LogP contribution in [0, 0.1) is 11.3 Å². The summed E-state index contributed by atoms with van der Waals surface area (Å²) in [6.45, 7) is 5.96. The van der Waals surface area contributed by atoms with Gasteiger partial charge >= 0.3 is 5.97 Å². The van der Waals surface area contributed by atoms with Gasteiger partial charge in [-0.2, -0.15) is 0 Å². The van der Waals surface area contributed by atoms with Crippen LogP contribution in [0.5, 0.6) is 0 Å². The molecule has 2 fully saturated rings. The number of hydrogen-bond donors (Lipinski definition) is 1. The Morgan fingerprint density at radius 3 is 2.81 bits per heavy atom. The zero-order valence-electron chi connectivity index (χ0n) is 10.4. The molecule has 0 bridgehead atoms. The van der Waals surface area contributed by atoms with Gasteiger partial charge in [0.1, 0.15) is 0 Å². The molecule has 1 aliphatic carbocycles. The van der Waals surface area contributed by atoms with Crippen LogP contribution >= 0.6 is 0 Å². The topological polar surface area (TPSA) is 40.5 Å². The van der Waals surface area contributed by atoms with Gasteiger partial charge in [-0.25, -0.2) is 0 Å². The minimum atomic E-state index is -0.629. The fourth-order valence-corrected chi connectivity index (χ4v) is 2.81. The molecule has 1 aliphatic heterocycles. The maximum absolute atomic E-state index is 11.3. The van der Waals surface area contributed by atoms with Crippen LogP contribution in [0.15, 0.2) is 0 Å². The van der Waals surface area contributed by atoms with Crippen molar-refractivity contribution in [2.45, 2.75) is 52.0 Å². The van der Waals surface area contributed by atoms with E-state index < -0.39 is 11.4 Å². The summed E-state index contributed by atoms with van der Waals surface area (Å²) in [5.74, 6) is 0.295. The minimum absolute atomic E-state index is 0.518. The van der Waals surface area contributed by atoms with E-state index in [0.29, 0.717) is 6.04 Å². The smallest absolute Gasteiger partial charge is 0.310 e. The average molecular weight is 225 g/mol. The number of carboxylic acids is 1. The fourth-order valence-electron chi connectivity index (χ4n) is 2.81. The van der Waals surface area contributed by atoms with Gasteiger partial charge in [0, 0.05) is 12.6 Å². The van der Waals surface area contributed by atoms with Gasteiger partial charge in [0.2, 0.25) is 0 Å². The molecule has 92 valence electrons. The first-order chi connectivity index (χ1) is 7.51. The third-order valence-electron chi connectivity index (χ3n) is 4.24. The first-order valence-corrected chi connectivity index (χ1v) is 6.49. The summed E-state index contributed by atoms with van der Waals surface area (Å²) in [6.07, 6.45) is 5.88. The molecule has 1 heterocycles. The lowest BCUT2D eigenvalue weighted by Gasteiger charge is -2.40. The molecule has 0 aromatic rings. The number of hydrogen-bond acceptors (Lipinski definition) is 2. The second kappa shape index (κ2) is 4.36. The van der Waals surface area contributed by atoms with E-state index in [0.717, 1.165) is 31.8 Å². The van der Waals surface area contributed by atoms with E-state index in [1.165, 1.54) is 19.3 Å². The second-order valence-corrected chi connectivity index (χ2v) is 5.97. The lowest BCUT2D eigenvalue weighted by molar-refractivity contribution is -0.151. The number of carbonyl (C=O) groups is 1. The van der Waals surface area contributed by atoms with Crippen LogP contribution in [-0.2, 0) is 4.79 Å². The van der Waals surface area contributed by atoms with E-state index in [1.807, 2.05) is 6.92 Å². The van der Waals surface area contributed by atoms with Gasteiger partial charge in [-0.15, -0.1) is 0 Å². The normalized spacial score (nSPS) is 33.6. The Hall–Kier alpha value is -0.570. The Labute approximate surface area is 97.8 Å². The van der Waals surface area contributed by atoms with Gasteiger partial charge in [-0.3, -0.25) is 9.69 Å². The van der Waals surface area contributed by atoms with Crippen molar-refractivity contribution in [3.05, 3.63) is 0 Å². The molecule has 2 rings (SSSR count). The molecule has 3 nitrogen and oxygen atoms in total. The lowest BCUT2D eigenvalue weighted by atomic mass is 9.81. The molecule has 0 amide bonds. The lowest BCUT2D eigenvalue weighted by Crippen LogP contribution is -2.49. The molecule has 1 saturated carbocycles. The largest absolute Gasteiger partial charge is 0.481 e. The van der Waals surface area contributed by atoms with Crippen LogP contribution in [0.2, 0.25) is 0 Å². The van der Waals surface area contributed by atoms with Gasteiger partial charge in [0.05, 0.1) is 5.41 Å². The molecule has 1 saturated heterocycles. The van der Waals surface area contributed by atoms with E-state index in [-0.39, 0.29) is 0 Å². The average Bonchev–Trinajstić information content (AvgIpc) is 3.01. The van der Waals surface area contributed by atoms with Crippen LogP contribution in [0.1, 0.15) is 46.0 Å². The second-order valence-electron chi connectivity index (χ2n) is 5.97. The molecule has 0 aromatic heterocycles. The van der Waals surface area contributed by atoms with Crippen molar-refractivity contribution in [3.8, 4) is 0 Å². The molecule has 2 aliphatic rings. The predicted octanol–water partition coefficient (Wildman–Crippen LogP) is 2.36. The number of rotatable bonds is 4. The van der Waals surface area contributed by atoms with E-state index in [2.05, 4.69) is 11.8 Å². The zero-order valence-corrected chi connectivity index (χ0v) is 10.4. The Kier molecular flexibility index (Phi) is 3.24. The molecule has 3 heteroatoms. The zero-order chi connectivity index (χ0) is 11.8. The van der Waals surface area contributed by atoms with Crippen LogP contribution < -0.4 is 0 Å². The van der Waals surface area contributed by atoms with Gasteiger partial charge in [0.15, 0.2) is 0 Å². The Morgan fingerprint density at radius 1 is 1.56 bits per heavy atom. The summed E-state index contributed by atoms with van der Waals surface area (Å²) in [5, 5.41) is 9.26. The first kappa shape index (κ1) is 11.9. The molecule has 0 radical (unpaired) electrons. The van der Waals surface area contributed by atoms with Crippen LogP contribution in [-0.4, -0.2) is 35.1 Å². The van der Waals surface area contributed by atoms with Crippen LogP contribution in [0.4, 0.5) is 0 Å². The summed E-state index contributed by atoms with van der Waals surface area (Å²) in [7, 11) is 0. The molecule has 0 aromatic carbocycles. The molecule has 0 spiro atoms. The van der Waals surface area contributed by atoms with Gasteiger partial charge in [-0.05, 0) is 45.6 Å². The maximum Gasteiger partial charge on any atom is 0.310 e. The molecule has 1 N–H and O–H groups in total. The van der Waals surface area contributed by atoms with Crippen molar-refractivity contribution < 1.29 is 9.90 Å². The highest BCUT2D eigenvalue weighted by atomic mass is 16.4. The van der Waals surface area contributed by atoms with Crippen molar-refractivity contribution in [1.82, 2.24) is 4.90 Å². The van der Waals surface area contributed by atoms with Crippen LogP contribution in [0.25, 0.3) is 0 Å². The molecular weight excluding hydrogens is 202 g/mol. The molecule has 2 unspecified atom stereocenters. The summed E-state index contributed by atoms with van der Waals surface area (Å²) in [5.41, 5.74) is -0.518. The number of piperidine rings is 1. The van der Waals surface area contributed by atoms with E-state index in [4.69, 9.17) is 0 Å². The summed E-state index contributed by atoms with van der Waals surface area (Å²) >= 11 is 0. The minimum Gasteiger partial charge on any atom is -0.481 e. The standard InChI is InChI=1S/C13H23NO2/c1-10(8-11-4-5-11)14-7-3-6-13(2,9-14)12(15)16/h10-11H,3-9H2,1-2H3,(H,15,16). The molecular formula is C13H23NO2. The summed E-state index contributed by atoms with van der Waals surface area (Å²) < 4.78 is 0. The van der Waals surface area contributed by atoms with E-state index in [1.54, 1.807) is 0 Å². The SMILES string of the molecule is CC(CC1CC1)N1CCCC(C)(C(=O)O)C1. The van der Waals surface area contributed by atoms with Gasteiger partial charge in [-0.1, -0.05) is 12.8 Å². The van der Waals surface area contributed by atoms with Crippen molar-refractivity contribution in [2.24, 2.45) is 11.3 Å². The number of carboxylic acid groups (broad SMARTS) is 1. The van der Waals surface area contributed by atoms with Gasteiger partial charge in [0.25, 0.3) is 0 Å².